The van der Waals surface area contributed by atoms with E-state index in [-0.39, 0.29) is 62.6 Å². The summed E-state index contributed by atoms with van der Waals surface area (Å²) in [5.41, 5.74) is 11.3. The Morgan fingerprint density at radius 1 is 0.794 bits per heavy atom. The van der Waals surface area contributed by atoms with Crippen molar-refractivity contribution in [3.05, 3.63) is 136 Å². The van der Waals surface area contributed by atoms with Crippen LogP contribution in [0.2, 0.25) is 0 Å². The van der Waals surface area contributed by atoms with Crippen LogP contribution >= 0.6 is 0 Å². The maximum Gasteiger partial charge on any atom is 0.261 e. The fourth-order valence-corrected chi connectivity index (χ4v) is 9.12. The average Bonchev–Trinajstić information content (AvgIpc) is 3.79. The molecule has 322 valence electrons. The van der Waals surface area contributed by atoms with E-state index in [1.807, 2.05) is 72.5 Å². The summed E-state index contributed by atoms with van der Waals surface area (Å²) in [6.45, 7) is 1.85. The van der Waals surface area contributed by atoms with E-state index in [1.54, 1.807) is 35.4 Å². The number of amides is 4. The highest BCUT2D eigenvalue weighted by molar-refractivity contribution is 6.15. The van der Waals surface area contributed by atoms with Crippen molar-refractivity contribution in [2.45, 2.75) is 64.3 Å². The van der Waals surface area contributed by atoms with Gasteiger partial charge in [-0.15, -0.1) is 0 Å². The smallest absolute Gasteiger partial charge is 0.261 e. The molecule has 0 spiro atoms. The van der Waals surface area contributed by atoms with Crippen LogP contribution in [0.5, 0.6) is 17.2 Å². The maximum atomic E-state index is 14.0. The second kappa shape index (κ2) is 17.4. The van der Waals surface area contributed by atoms with Crippen molar-refractivity contribution in [1.82, 2.24) is 5.43 Å². The highest BCUT2D eigenvalue weighted by atomic mass is 16.5. The number of carbonyl (C=O) groups excluding carboxylic acids is 4. The quantitative estimate of drug-likeness (QED) is 0.0783. The number of rotatable bonds is 13. The minimum absolute atomic E-state index is 0.000169. The maximum absolute atomic E-state index is 14.0. The molecule has 14 heteroatoms. The number of benzene rings is 5. The van der Waals surface area contributed by atoms with Crippen LogP contribution in [-0.4, -0.2) is 69.3 Å². The number of hydrazine groups is 1. The van der Waals surface area contributed by atoms with Crippen LogP contribution in [0, 0.1) is 6.92 Å². The summed E-state index contributed by atoms with van der Waals surface area (Å²) in [7, 11) is 3.01. The number of nitrogens with one attached hydrogen (secondary N) is 1. The van der Waals surface area contributed by atoms with Gasteiger partial charge in [-0.2, -0.15) is 0 Å². The van der Waals surface area contributed by atoms with Crippen LogP contribution in [0.4, 0.5) is 22.7 Å². The molecule has 9 rings (SSSR count). The van der Waals surface area contributed by atoms with E-state index in [9.17, 15) is 19.2 Å². The number of hydrogen-bond donors (Lipinski definition) is 2. The molecule has 0 saturated carbocycles. The van der Waals surface area contributed by atoms with Gasteiger partial charge >= 0.3 is 0 Å². The molecule has 3 N–H and O–H groups in total. The molecule has 63 heavy (non-hydrogen) atoms. The summed E-state index contributed by atoms with van der Waals surface area (Å²) in [6, 6.07) is 28.6. The number of aryl methyl sites for hydroxylation is 2. The minimum Gasteiger partial charge on any atom is -0.493 e. The van der Waals surface area contributed by atoms with Crippen molar-refractivity contribution < 1.29 is 38.1 Å². The van der Waals surface area contributed by atoms with Gasteiger partial charge in [0.15, 0.2) is 11.5 Å². The summed E-state index contributed by atoms with van der Waals surface area (Å²) in [5, 5.41) is 0. The third-order valence-electron chi connectivity index (χ3n) is 12.2. The lowest BCUT2D eigenvalue weighted by atomic mass is 9.98. The van der Waals surface area contributed by atoms with Gasteiger partial charge in [0.05, 0.1) is 37.4 Å². The predicted molar refractivity (Wildman–Crippen MR) is 238 cm³/mol. The number of fused-ring (bicyclic) bond motifs is 8. The molecule has 0 unspecified atom stereocenters. The highest BCUT2D eigenvalue weighted by Crippen LogP contribution is 2.42. The molecule has 4 heterocycles. The molecule has 0 bridgehead atoms. The number of ether oxygens (including phenoxy) is 4. The second-order valence-electron chi connectivity index (χ2n) is 16.2. The van der Waals surface area contributed by atoms with E-state index in [1.165, 1.54) is 24.7 Å². The Bertz CT molecular complexity index is 2680. The summed E-state index contributed by atoms with van der Waals surface area (Å²) in [4.78, 5) is 64.1. The largest absolute Gasteiger partial charge is 0.493 e. The van der Waals surface area contributed by atoms with Crippen LogP contribution < -0.4 is 40.2 Å². The van der Waals surface area contributed by atoms with Gasteiger partial charge in [0.2, 0.25) is 5.91 Å². The molecule has 5 aromatic carbocycles. The summed E-state index contributed by atoms with van der Waals surface area (Å²) >= 11 is 0. The van der Waals surface area contributed by atoms with Crippen LogP contribution in [0.3, 0.4) is 0 Å². The Morgan fingerprint density at radius 2 is 1.48 bits per heavy atom. The Morgan fingerprint density at radius 3 is 2.19 bits per heavy atom. The van der Waals surface area contributed by atoms with E-state index in [4.69, 9.17) is 29.8 Å². The van der Waals surface area contributed by atoms with Gasteiger partial charge in [-0.05, 0) is 108 Å². The van der Waals surface area contributed by atoms with Gasteiger partial charge in [-0.25, -0.2) is 5.84 Å². The number of para-hydroxylation sites is 2. The molecule has 5 aromatic rings. The molecule has 14 nitrogen and oxygen atoms in total. The van der Waals surface area contributed by atoms with Crippen molar-refractivity contribution >= 4 is 52.6 Å². The molecular weight excluding hydrogens is 801 g/mol. The number of methoxy groups -OCH3 is 2. The Balaban J connectivity index is 1.00. The first-order valence-electron chi connectivity index (χ1n) is 21.0. The molecule has 0 aromatic heterocycles. The van der Waals surface area contributed by atoms with Crippen molar-refractivity contribution in [1.29, 1.82) is 0 Å². The molecule has 2 atom stereocenters. The topological polar surface area (TPSA) is 165 Å². The highest BCUT2D eigenvalue weighted by Gasteiger charge is 2.38. The zero-order valence-corrected chi connectivity index (χ0v) is 35.4. The van der Waals surface area contributed by atoms with Gasteiger partial charge in [0.1, 0.15) is 25.5 Å². The van der Waals surface area contributed by atoms with Gasteiger partial charge in [-0.1, -0.05) is 36.4 Å². The lowest BCUT2D eigenvalue weighted by Gasteiger charge is -2.24. The van der Waals surface area contributed by atoms with Gasteiger partial charge in [-0.3, -0.25) is 34.5 Å². The zero-order valence-electron chi connectivity index (χ0n) is 35.4. The molecule has 4 aliphatic heterocycles. The van der Waals surface area contributed by atoms with E-state index in [0.29, 0.717) is 57.3 Å². The molecule has 4 amide bonds. The van der Waals surface area contributed by atoms with Crippen molar-refractivity contribution in [2.75, 3.05) is 42.1 Å². The normalized spacial score (nSPS) is 16.8. The van der Waals surface area contributed by atoms with E-state index in [0.717, 1.165) is 47.3 Å². The fourth-order valence-electron chi connectivity index (χ4n) is 9.12. The fraction of sp³-hybridized carbons (Fsp3) is 0.286. The van der Waals surface area contributed by atoms with Crippen molar-refractivity contribution in [2.24, 2.45) is 10.8 Å². The molecule has 4 aliphatic rings. The first kappa shape index (κ1) is 41.3. The predicted octanol–water partition coefficient (Wildman–Crippen LogP) is 6.33. The first-order valence-corrected chi connectivity index (χ1v) is 21.0. The number of carbonyl (C=O) groups is 4. The van der Waals surface area contributed by atoms with Gasteiger partial charge < -0.3 is 28.7 Å². The number of hydrogen-bond acceptors (Lipinski definition) is 10. The molecule has 0 aliphatic carbocycles. The SMILES string of the molecule is COCCC(=O)N(CC(=O)NN)c1cc(COc2cc3c(cc2C)C(=O)N2c4ccccc4C[C@H]2CC3)cc(COc2cc3c(cc2OC)C(=O)N2c4ccccc4C[C@H]2C=N3)c1. The number of aliphatic imine (C=N–C) groups is 1. The third-order valence-corrected chi connectivity index (χ3v) is 12.2. The molecule has 0 saturated heterocycles. The standard InChI is InChI=1S/C49H48N6O8/c1-29-16-38-32(12-13-35-20-33-8-4-6-10-41(33)54(35)48(38)58)22-43(29)62-27-30-17-31(19-36(18-30)53(26-46(56)52-50)47(57)14-15-60-2)28-63-45-24-40-39(23-44(45)61-3)49(59)55-37(25-51-40)21-34-9-5-7-11-42(34)55/h4-11,16-19,22-25,35,37H,12-15,20-21,26-28,50H2,1-3H3,(H,52,56)/t35-,37+/m1/s1. The third kappa shape index (κ3) is 7.99. The minimum atomic E-state index is -0.562. The van der Waals surface area contributed by atoms with Crippen LogP contribution in [0.1, 0.15) is 66.9 Å². The molecule has 0 radical (unpaired) electrons. The summed E-state index contributed by atoms with van der Waals surface area (Å²) in [6.07, 6.45) is 4.88. The first-order chi connectivity index (χ1) is 30.6. The monoisotopic (exact) mass is 848 g/mol. The zero-order chi connectivity index (χ0) is 43.8. The van der Waals surface area contributed by atoms with E-state index < -0.39 is 5.91 Å². The van der Waals surface area contributed by atoms with Crippen LogP contribution in [-0.2, 0) is 46.8 Å². The Labute approximate surface area is 365 Å². The van der Waals surface area contributed by atoms with Crippen LogP contribution in [0.25, 0.3) is 0 Å². The van der Waals surface area contributed by atoms with Crippen molar-refractivity contribution in [3.8, 4) is 17.2 Å². The summed E-state index contributed by atoms with van der Waals surface area (Å²) < 4.78 is 23.9. The van der Waals surface area contributed by atoms with Gasteiger partial charge in [0.25, 0.3) is 17.7 Å². The Kier molecular flexibility index (Phi) is 11.4. The average molecular weight is 849 g/mol. The number of nitrogens with two attached hydrogens (primary N) is 1. The lowest BCUT2D eigenvalue weighted by molar-refractivity contribution is -0.124. The number of nitrogens with zero attached hydrogens (tertiary/aromatic N) is 4. The van der Waals surface area contributed by atoms with Crippen molar-refractivity contribution in [3.63, 3.8) is 0 Å². The molecular formula is C49H48N6O8. The van der Waals surface area contributed by atoms with E-state index in [2.05, 4.69) is 11.5 Å². The summed E-state index contributed by atoms with van der Waals surface area (Å²) in [5.74, 6) is 5.74. The lowest BCUT2D eigenvalue weighted by Crippen LogP contribution is -2.43. The van der Waals surface area contributed by atoms with Gasteiger partial charge in [0, 0.05) is 54.5 Å². The van der Waals surface area contributed by atoms with E-state index >= 15 is 0 Å². The number of anilines is 3. The van der Waals surface area contributed by atoms with Crippen LogP contribution in [0.15, 0.2) is 96.0 Å². The molecule has 0 fully saturated rings. The Hall–Kier alpha value is -7.03. The second-order valence-corrected chi connectivity index (χ2v) is 16.2.